The van der Waals surface area contributed by atoms with Crippen LogP contribution in [0.3, 0.4) is 0 Å². The Morgan fingerprint density at radius 3 is 2.26 bits per heavy atom. The quantitative estimate of drug-likeness (QED) is 0.696. The van der Waals surface area contributed by atoms with E-state index in [9.17, 15) is 4.79 Å². The number of benzene rings is 2. The Bertz CT molecular complexity index is 934. The molecule has 0 aliphatic carbocycles. The highest BCUT2D eigenvalue weighted by Crippen LogP contribution is 2.18. The lowest BCUT2D eigenvalue weighted by molar-refractivity contribution is 0.0934. The fourth-order valence-electron chi connectivity index (χ4n) is 3.01. The maximum absolute atomic E-state index is 12.7. The molecule has 5 nitrogen and oxygen atoms in total. The van der Waals surface area contributed by atoms with E-state index in [2.05, 4.69) is 26.7 Å². The molecule has 1 atom stereocenters. The summed E-state index contributed by atoms with van der Waals surface area (Å²) in [6.07, 6.45) is 0. The monoisotopic (exact) mass is 360 g/mol. The van der Waals surface area contributed by atoms with E-state index in [1.54, 1.807) is 6.07 Å². The topological polar surface area (TPSA) is 66.9 Å². The normalized spacial score (nSPS) is 11.7. The molecule has 0 bridgehead atoms. The lowest BCUT2D eigenvalue weighted by Crippen LogP contribution is -2.27. The van der Waals surface area contributed by atoms with Crippen LogP contribution in [0.1, 0.15) is 45.8 Å². The zero-order chi connectivity index (χ0) is 19.4. The standard InChI is InChI=1S/C22H24N4O/c1-14-10-15(2)12-19(11-14)25-22-23-16(3)13-20(26-22)21(27)24-17(4)18-8-6-5-7-9-18/h5-13,17H,1-4H3,(H,24,27)(H,23,25,26). The van der Waals surface area contributed by atoms with Crippen molar-refractivity contribution in [2.45, 2.75) is 33.7 Å². The summed E-state index contributed by atoms with van der Waals surface area (Å²) < 4.78 is 0. The van der Waals surface area contributed by atoms with Crippen LogP contribution in [0.4, 0.5) is 11.6 Å². The highest BCUT2D eigenvalue weighted by atomic mass is 16.1. The van der Waals surface area contributed by atoms with Gasteiger partial charge in [-0.3, -0.25) is 4.79 Å². The summed E-state index contributed by atoms with van der Waals surface area (Å²) in [7, 11) is 0. The van der Waals surface area contributed by atoms with Crippen LogP contribution in [0, 0.1) is 20.8 Å². The summed E-state index contributed by atoms with van der Waals surface area (Å²) in [5, 5.41) is 6.20. The van der Waals surface area contributed by atoms with Crippen LogP contribution in [-0.4, -0.2) is 15.9 Å². The molecule has 0 saturated heterocycles. The number of carbonyl (C=O) groups is 1. The molecule has 1 amide bonds. The number of aryl methyl sites for hydroxylation is 3. The predicted octanol–water partition coefficient (Wildman–Crippen LogP) is 4.64. The lowest BCUT2D eigenvalue weighted by atomic mass is 10.1. The number of nitrogens with zero attached hydrogens (tertiary/aromatic N) is 2. The predicted molar refractivity (Wildman–Crippen MR) is 108 cm³/mol. The molecule has 0 fully saturated rings. The third kappa shape index (κ3) is 4.91. The summed E-state index contributed by atoms with van der Waals surface area (Å²) in [5.41, 5.74) is 5.33. The van der Waals surface area contributed by atoms with Crippen molar-refractivity contribution in [3.63, 3.8) is 0 Å². The maximum Gasteiger partial charge on any atom is 0.270 e. The minimum atomic E-state index is -0.222. The Hall–Kier alpha value is -3.21. The van der Waals surface area contributed by atoms with Gasteiger partial charge in [-0.15, -0.1) is 0 Å². The SMILES string of the molecule is Cc1cc(C)cc(Nc2nc(C)cc(C(=O)NC(C)c3ccccc3)n2)c1. The summed E-state index contributed by atoms with van der Waals surface area (Å²) in [4.78, 5) is 21.5. The molecule has 138 valence electrons. The summed E-state index contributed by atoms with van der Waals surface area (Å²) in [5.74, 6) is 0.192. The van der Waals surface area contributed by atoms with Crippen LogP contribution < -0.4 is 10.6 Å². The number of aromatic nitrogens is 2. The van der Waals surface area contributed by atoms with E-state index in [1.165, 1.54) is 0 Å². The second-order valence-corrected chi connectivity index (χ2v) is 6.83. The summed E-state index contributed by atoms with van der Waals surface area (Å²) in [6, 6.07) is 17.6. The average Bonchev–Trinajstić information content (AvgIpc) is 2.61. The van der Waals surface area contributed by atoms with E-state index in [0.29, 0.717) is 11.6 Å². The maximum atomic E-state index is 12.7. The van der Waals surface area contributed by atoms with Gasteiger partial charge in [0.1, 0.15) is 5.69 Å². The van der Waals surface area contributed by atoms with Crippen molar-refractivity contribution in [2.24, 2.45) is 0 Å². The van der Waals surface area contributed by atoms with Crippen LogP contribution >= 0.6 is 0 Å². The zero-order valence-electron chi connectivity index (χ0n) is 16.1. The molecule has 1 heterocycles. The second kappa shape index (κ2) is 7.99. The molecular weight excluding hydrogens is 336 g/mol. The van der Waals surface area contributed by atoms with Gasteiger partial charge in [-0.25, -0.2) is 9.97 Å². The van der Waals surface area contributed by atoms with Crippen molar-refractivity contribution in [1.29, 1.82) is 0 Å². The van der Waals surface area contributed by atoms with Gasteiger partial charge in [-0.05, 0) is 62.6 Å². The number of nitrogens with one attached hydrogen (secondary N) is 2. The molecule has 0 aliphatic rings. The second-order valence-electron chi connectivity index (χ2n) is 6.83. The molecule has 5 heteroatoms. The summed E-state index contributed by atoms with van der Waals surface area (Å²) >= 11 is 0. The molecule has 2 aromatic carbocycles. The van der Waals surface area contributed by atoms with E-state index in [0.717, 1.165) is 28.1 Å². The van der Waals surface area contributed by atoms with Gasteiger partial charge in [0.05, 0.1) is 6.04 Å². The fraction of sp³-hybridized carbons (Fsp3) is 0.227. The van der Waals surface area contributed by atoms with Gasteiger partial charge in [-0.2, -0.15) is 0 Å². The number of carbonyl (C=O) groups excluding carboxylic acids is 1. The van der Waals surface area contributed by atoms with E-state index in [4.69, 9.17) is 0 Å². The highest BCUT2D eigenvalue weighted by molar-refractivity contribution is 5.93. The molecule has 0 radical (unpaired) electrons. The van der Waals surface area contributed by atoms with Crippen molar-refractivity contribution in [2.75, 3.05) is 5.32 Å². The average molecular weight is 360 g/mol. The molecule has 0 saturated carbocycles. The highest BCUT2D eigenvalue weighted by Gasteiger charge is 2.14. The minimum Gasteiger partial charge on any atom is -0.344 e. The minimum absolute atomic E-state index is 0.107. The largest absolute Gasteiger partial charge is 0.344 e. The van der Waals surface area contributed by atoms with Gasteiger partial charge in [0, 0.05) is 11.4 Å². The number of hydrogen-bond acceptors (Lipinski definition) is 4. The molecule has 0 spiro atoms. The smallest absolute Gasteiger partial charge is 0.270 e. The summed E-state index contributed by atoms with van der Waals surface area (Å²) in [6.45, 7) is 7.89. The Kier molecular flexibility index (Phi) is 5.50. The van der Waals surface area contributed by atoms with Crippen LogP contribution in [0.5, 0.6) is 0 Å². The van der Waals surface area contributed by atoms with E-state index < -0.39 is 0 Å². The van der Waals surface area contributed by atoms with Crippen LogP contribution in [0.2, 0.25) is 0 Å². The van der Waals surface area contributed by atoms with Crippen LogP contribution in [0.25, 0.3) is 0 Å². The molecule has 1 unspecified atom stereocenters. The third-order valence-electron chi connectivity index (χ3n) is 4.21. The molecular formula is C22H24N4O. The van der Waals surface area contributed by atoms with Crippen molar-refractivity contribution in [1.82, 2.24) is 15.3 Å². The van der Waals surface area contributed by atoms with Crippen LogP contribution in [0.15, 0.2) is 54.6 Å². The number of rotatable bonds is 5. The fourth-order valence-corrected chi connectivity index (χ4v) is 3.01. The van der Waals surface area contributed by atoms with Gasteiger partial charge >= 0.3 is 0 Å². The van der Waals surface area contributed by atoms with Gasteiger partial charge in [-0.1, -0.05) is 36.4 Å². The van der Waals surface area contributed by atoms with Crippen molar-refractivity contribution >= 4 is 17.5 Å². The van der Waals surface area contributed by atoms with E-state index in [-0.39, 0.29) is 11.9 Å². The molecule has 1 aromatic heterocycles. The van der Waals surface area contributed by atoms with Gasteiger partial charge in [0.2, 0.25) is 5.95 Å². The molecule has 27 heavy (non-hydrogen) atoms. The van der Waals surface area contributed by atoms with Crippen molar-refractivity contribution < 1.29 is 4.79 Å². The van der Waals surface area contributed by atoms with Crippen molar-refractivity contribution in [3.8, 4) is 0 Å². The third-order valence-corrected chi connectivity index (χ3v) is 4.21. The first kappa shape index (κ1) is 18.6. The molecule has 3 rings (SSSR count). The molecule has 2 N–H and O–H groups in total. The Labute approximate surface area is 159 Å². The van der Waals surface area contributed by atoms with Crippen LogP contribution in [-0.2, 0) is 0 Å². The first-order valence-corrected chi connectivity index (χ1v) is 8.97. The van der Waals surface area contributed by atoms with Gasteiger partial charge < -0.3 is 10.6 Å². The first-order chi connectivity index (χ1) is 12.9. The van der Waals surface area contributed by atoms with E-state index >= 15 is 0 Å². The van der Waals surface area contributed by atoms with Gasteiger partial charge in [0.25, 0.3) is 5.91 Å². The Morgan fingerprint density at radius 2 is 1.59 bits per heavy atom. The Morgan fingerprint density at radius 1 is 0.926 bits per heavy atom. The zero-order valence-corrected chi connectivity index (χ0v) is 16.1. The molecule has 3 aromatic rings. The van der Waals surface area contributed by atoms with Gasteiger partial charge in [0.15, 0.2) is 0 Å². The Balaban J connectivity index is 1.79. The van der Waals surface area contributed by atoms with E-state index in [1.807, 2.05) is 70.2 Å². The number of amides is 1. The molecule has 0 aliphatic heterocycles. The lowest BCUT2D eigenvalue weighted by Gasteiger charge is -2.15. The first-order valence-electron chi connectivity index (χ1n) is 8.97. The number of anilines is 2. The van der Waals surface area contributed by atoms with Crippen molar-refractivity contribution in [3.05, 3.63) is 82.7 Å². The number of hydrogen-bond donors (Lipinski definition) is 2.